The molecule has 1 fully saturated rings. The number of likely N-dealkylation sites (tertiary alicyclic amines) is 1. The second kappa shape index (κ2) is 11.9. The van der Waals surface area contributed by atoms with Crippen molar-refractivity contribution < 1.29 is 4.74 Å². The first kappa shape index (κ1) is 20.6. The number of hydrogen-bond acceptors (Lipinski definition) is 5. The molecule has 8 heteroatoms. The van der Waals surface area contributed by atoms with Crippen molar-refractivity contribution in [3.05, 3.63) is 12.2 Å². The molecule has 1 saturated heterocycles. The zero-order valence-corrected chi connectivity index (χ0v) is 16.6. The molecule has 1 aromatic rings. The van der Waals surface area contributed by atoms with E-state index in [4.69, 9.17) is 9.73 Å². The number of hydrogen-bond donors (Lipinski definition) is 2. The van der Waals surface area contributed by atoms with Gasteiger partial charge in [-0.1, -0.05) is 6.92 Å². The number of aromatic nitrogens is 3. The summed E-state index contributed by atoms with van der Waals surface area (Å²) in [6.07, 6.45) is 5.12. The van der Waals surface area contributed by atoms with Crippen LogP contribution in [0.25, 0.3) is 0 Å². The fourth-order valence-electron chi connectivity index (χ4n) is 3.21. The van der Waals surface area contributed by atoms with E-state index in [1.165, 1.54) is 12.8 Å². The fourth-order valence-corrected chi connectivity index (χ4v) is 3.21. The molecule has 0 spiro atoms. The highest BCUT2D eigenvalue weighted by Crippen LogP contribution is 2.17. The number of methoxy groups -OCH3 is 1. The van der Waals surface area contributed by atoms with E-state index >= 15 is 0 Å². The lowest BCUT2D eigenvalue weighted by atomic mass is 9.97. The van der Waals surface area contributed by atoms with Gasteiger partial charge in [0.15, 0.2) is 5.96 Å². The Kier molecular flexibility index (Phi) is 9.41. The number of piperidine rings is 1. The van der Waals surface area contributed by atoms with Gasteiger partial charge in [-0.05, 0) is 38.8 Å². The number of nitrogens with one attached hydrogen (secondary N) is 2. The summed E-state index contributed by atoms with van der Waals surface area (Å²) < 4.78 is 7.26. The second-order valence-corrected chi connectivity index (χ2v) is 6.72. The Morgan fingerprint density at radius 3 is 2.77 bits per heavy atom. The lowest BCUT2D eigenvalue weighted by molar-refractivity contribution is 0.121. The molecule has 0 bridgehead atoms. The molecule has 0 aromatic carbocycles. The number of guanidine groups is 1. The number of aryl methyl sites for hydroxylation is 1. The van der Waals surface area contributed by atoms with Crippen molar-refractivity contribution >= 4 is 5.96 Å². The van der Waals surface area contributed by atoms with Crippen molar-refractivity contribution in [1.82, 2.24) is 30.3 Å². The van der Waals surface area contributed by atoms with Crippen LogP contribution in [0.1, 0.15) is 32.5 Å². The van der Waals surface area contributed by atoms with Crippen LogP contribution in [0.15, 0.2) is 11.3 Å². The minimum Gasteiger partial charge on any atom is -0.383 e. The first-order valence-electron chi connectivity index (χ1n) is 9.86. The third-order valence-electron chi connectivity index (χ3n) is 4.83. The van der Waals surface area contributed by atoms with Gasteiger partial charge in [0.25, 0.3) is 0 Å². The summed E-state index contributed by atoms with van der Waals surface area (Å²) in [6, 6.07) is 0. The minimum absolute atomic E-state index is 0.675. The standard InChI is InChI=1S/C18H35N7O/c1-4-17-23-22-15-25(17)11-8-20-18(19-5-2)21-14-16-6-9-24(10-7-16)12-13-26-3/h15-16H,4-14H2,1-3H3,(H2,19,20,21). The quantitative estimate of drug-likeness (QED) is 0.471. The average molecular weight is 366 g/mol. The van der Waals surface area contributed by atoms with Gasteiger partial charge >= 0.3 is 0 Å². The van der Waals surface area contributed by atoms with Gasteiger partial charge in [0.2, 0.25) is 0 Å². The number of rotatable bonds is 10. The molecule has 2 heterocycles. The molecular weight excluding hydrogens is 330 g/mol. The van der Waals surface area contributed by atoms with Gasteiger partial charge in [-0.3, -0.25) is 4.99 Å². The number of nitrogens with zero attached hydrogens (tertiary/aromatic N) is 5. The van der Waals surface area contributed by atoms with E-state index in [1.807, 2.05) is 0 Å². The van der Waals surface area contributed by atoms with Crippen LogP contribution in [0.5, 0.6) is 0 Å². The van der Waals surface area contributed by atoms with E-state index in [2.05, 4.69) is 44.1 Å². The van der Waals surface area contributed by atoms with Crippen molar-refractivity contribution in [1.29, 1.82) is 0 Å². The normalized spacial score (nSPS) is 16.8. The van der Waals surface area contributed by atoms with E-state index in [0.29, 0.717) is 5.92 Å². The summed E-state index contributed by atoms with van der Waals surface area (Å²) in [5.74, 6) is 2.60. The van der Waals surface area contributed by atoms with Crippen LogP contribution in [0, 0.1) is 5.92 Å². The van der Waals surface area contributed by atoms with Crippen molar-refractivity contribution in [2.75, 3.05) is 53.0 Å². The van der Waals surface area contributed by atoms with Gasteiger partial charge in [-0.15, -0.1) is 10.2 Å². The van der Waals surface area contributed by atoms with Gasteiger partial charge in [0, 0.05) is 46.3 Å². The molecule has 0 atom stereocenters. The lowest BCUT2D eigenvalue weighted by Crippen LogP contribution is -2.40. The number of ether oxygens (including phenoxy) is 1. The third-order valence-corrected chi connectivity index (χ3v) is 4.83. The average Bonchev–Trinajstić information content (AvgIpc) is 3.12. The van der Waals surface area contributed by atoms with E-state index in [-0.39, 0.29) is 0 Å². The predicted octanol–water partition coefficient (Wildman–Crippen LogP) is 0.754. The Labute approximate surface area is 157 Å². The molecule has 0 amide bonds. The van der Waals surface area contributed by atoms with Gasteiger partial charge in [0.05, 0.1) is 6.61 Å². The van der Waals surface area contributed by atoms with Gasteiger partial charge in [0.1, 0.15) is 12.2 Å². The largest absolute Gasteiger partial charge is 0.383 e. The molecule has 0 radical (unpaired) electrons. The Hall–Kier alpha value is -1.67. The first-order valence-corrected chi connectivity index (χ1v) is 9.86. The summed E-state index contributed by atoms with van der Waals surface area (Å²) in [7, 11) is 1.77. The molecule has 1 aromatic heterocycles. The topological polar surface area (TPSA) is 79.6 Å². The molecule has 1 aliphatic rings. The Balaban J connectivity index is 1.72. The highest BCUT2D eigenvalue weighted by Gasteiger charge is 2.18. The monoisotopic (exact) mass is 365 g/mol. The molecule has 0 unspecified atom stereocenters. The molecule has 0 aliphatic carbocycles. The van der Waals surface area contributed by atoms with Crippen LogP contribution in [0.3, 0.4) is 0 Å². The van der Waals surface area contributed by atoms with Crippen LogP contribution >= 0.6 is 0 Å². The van der Waals surface area contributed by atoms with Crippen molar-refractivity contribution in [2.45, 2.75) is 39.7 Å². The van der Waals surface area contributed by atoms with Gasteiger partial charge < -0.3 is 24.8 Å². The maximum absolute atomic E-state index is 5.17. The Morgan fingerprint density at radius 1 is 1.27 bits per heavy atom. The lowest BCUT2D eigenvalue weighted by Gasteiger charge is -2.31. The van der Waals surface area contributed by atoms with Crippen LogP contribution in [0.4, 0.5) is 0 Å². The van der Waals surface area contributed by atoms with Crippen LogP contribution < -0.4 is 10.6 Å². The molecule has 148 valence electrons. The second-order valence-electron chi connectivity index (χ2n) is 6.72. The smallest absolute Gasteiger partial charge is 0.191 e. The molecule has 2 N–H and O–H groups in total. The summed E-state index contributed by atoms with van der Waals surface area (Å²) >= 11 is 0. The highest BCUT2D eigenvalue weighted by atomic mass is 16.5. The van der Waals surface area contributed by atoms with E-state index in [0.717, 1.165) is 70.6 Å². The predicted molar refractivity (Wildman–Crippen MR) is 104 cm³/mol. The molecule has 26 heavy (non-hydrogen) atoms. The van der Waals surface area contributed by atoms with Crippen LogP contribution in [0.2, 0.25) is 0 Å². The zero-order valence-electron chi connectivity index (χ0n) is 16.6. The van der Waals surface area contributed by atoms with Crippen molar-refractivity contribution in [3.8, 4) is 0 Å². The van der Waals surface area contributed by atoms with E-state index < -0.39 is 0 Å². The summed E-state index contributed by atoms with van der Waals surface area (Å²) in [4.78, 5) is 7.28. The van der Waals surface area contributed by atoms with E-state index in [1.54, 1.807) is 13.4 Å². The number of aliphatic imine (C=N–C) groups is 1. The fraction of sp³-hybridized carbons (Fsp3) is 0.833. The van der Waals surface area contributed by atoms with Crippen molar-refractivity contribution in [3.63, 3.8) is 0 Å². The summed E-state index contributed by atoms with van der Waals surface area (Å²) in [5, 5.41) is 14.9. The maximum atomic E-state index is 5.17. The third kappa shape index (κ3) is 6.92. The first-order chi connectivity index (χ1) is 12.8. The summed E-state index contributed by atoms with van der Waals surface area (Å²) in [5.41, 5.74) is 0. The Morgan fingerprint density at radius 2 is 2.08 bits per heavy atom. The summed E-state index contributed by atoms with van der Waals surface area (Å²) in [6.45, 7) is 11.8. The van der Waals surface area contributed by atoms with Gasteiger partial charge in [-0.2, -0.15) is 0 Å². The molecule has 1 aliphatic heterocycles. The highest BCUT2D eigenvalue weighted by molar-refractivity contribution is 5.79. The van der Waals surface area contributed by atoms with Gasteiger partial charge in [-0.25, -0.2) is 0 Å². The molecule has 0 saturated carbocycles. The van der Waals surface area contributed by atoms with E-state index in [9.17, 15) is 0 Å². The Bertz CT molecular complexity index is 523. The minimum atomic E-state index is 0.675. The maximum Gasteiger partial charge on any atom is 0.191 e. The zero-order chi connectivity index (χ0) is 18.6. The van der Waals surface area contributed by atoms with Crippen molar-refractivity contribution in [2.24, 2.45) is 10.9 Å². The van der Waals surface area contributed by atoms with Crippen LogP contribution in [-0.4, -0.2) is 78.6 Å². The molecule has 8 nitrogen and oxygen atoms in total. The molecule has 2 rings (SSSR count). The molecular formula is C18H35N7O. The van der Waals surface area contributed by atoms with Crippen LogP contribution in [-0.2, 0) is 17.7 Å². The SMILES string of the molecule is CCNC(=NCC1CCN(CCOC)CC1)NCCn1cnnc1CC.